The summed E-state index contributed by atoms with van der Waals surface area (Å²) < 4.78 is 15.7. The van der Waals surface area contributed by atoms with Crippen molar-refractivity contribution in [1.29, 1.82) is 0 Å². The third-order valence-electron chi connectivity index (χ3n) is 4.49. The lowest BCUT2D eigenvalue weighted by Crippen LogP contribution is -2.35. The first-order valence-corrected chi connectivity index (χ1v) is 9.27. The van der Waals surface area contributed by atoms with E-state index < -0.39 is 0 Å². The summed E-state index contributed by atoms with van der Waals surface area (Å²) in [5.74, 6) is 1.13. The van der Waals surface area contributed by atoms with Crippen molar-refractivity contribution in [3.63, 3.8) is 0 Å². The van der Waals surface area contributed by atoms with E-state index in [1.54, 1.807) is 43.5 Å². The van der Waals surface area contributed by atoms with Gasteiger partial charge in [-0.05, 0) is 54.8 Å². The molecule has 0 radical (unpaired) electrons. The number of nitrogens with one attached hydrogen (secondary N) is 1. The van der Waals surface area contributed by atoms with Crippen LogP contribution in [-0.4, -0.2) is 38.3 Å². The van der Waals surface area contributed by atoms with Crippen molar-refractivity contribution >= 4 is 22.5 Å². The molecule has 1 aromatic heterocycles. The van der Waals surface area contributed by atoms with Gasteiger partial charge in [0, 0.05) is 24.4 Å². The molecule has 7 nitrogen and oxygen atoms in total. The zero-order valence-corrected chi connectivity index (χ0v) is 16.7. The molecule has 0 unspecified atom stereocenters. The molecule has 3 aromatic rings. The molecule has 3 rings (SSSR count). The number of methoxy groups -OCH3 is 2. The molecule has 0 aliphatic carbocycles. The van der Waals surface area contributed by atoms with E-state index in [4.69, 9.17) is 14.2 Å². The number of fused-ring (bicyclic) bond motifs is 1. The smallest absolute Gasteiger partial charge is 0.253 e. The number of carbonyl (C=O) groups is 1. The SMILES string of the molecule is CCOc1ccc(N(Cc2cc3ccc(OC)cc3[nH]c2=O)C(=O)COC)cc1. The van der Waals surface area contributed by atoms with Gasteiger partial charge in [-0.2, -0.15) is 0 Å². The lowest BCUT2D eigenvalue weighted by Gasteiger charge is -2.23. The van der Waals surface area contributed by atoms with Gasteiger partial charge in [0.25, 0.3) is 11.5 Å². The van der Waals surface area contributed by atoms with E-state index in [1.807, 2.05) is 19.1 Å². The second-order valence-electron chi connectivity index (χ2n) is 6.42. The van der Waals surface area contributed by atoms with Gasteiger partial charge in [-0.15, -0.1) is 0 Å². The number of carbonyl (C=O) groups excluding carboxylic acids is 1. The number of nitrogens with zero attached hydrogens (tertiary/aromatic N) is 1. The van der Waals surface area contributed by atoms with Crippen molar-refractivity contribution in [3.8, 4) is 11.5 Å². The highest BCUT2D eigenvalue weighted by Gasteiger charge is 2.18. The Balaban J connectivity index is 1.95. The summed E-state index contributed by atoms with van der Waals surface area (Å²) in [5.41, 5.74) is 1.55. The molecule has 0 bridgehead atoms. The van der Waals surface area contributed by atoms with Crippen LogP contribution < -0.4 is 19.9 Å². The number of pyridine rings is 1. The van der Waals surface area contributed by atoms with Crippen molar-refractivity contribution in [2.45, 2.75) is 13.5 Å². The molecule has 0 aliphatic rings. The Morgan fingerprint density at radius 1 is 1.03 bits per heavy atom. The molecule has 152 valence electrons. The molecule has 29 heavy (non-hydrogen) atoms. The number of aromatic amines is 1. The number of hydrogen-bond acceptors (Lipinski definition) is 5. The van der Waals surface area contributed by atoms with Crippen LogP contribution in [0, 0.1) is 0 Å². The van der Waals surface area contributed by atoms with Crippen LogP contribution in [0.25, 0.3) is 10.9 Å². The van der Waals surface area contributed by atoms with Gasteiger partial charge in [0.2, 0.25) is 0 Å². The van der Waals surface area contributed by atoms with Gasteiger partial charge in [-0.1, -0.05) is 0 Å². The van der Waals surface area contributed by atoms with Crippen molar-refractivity contribution < 1.29 is 19.0 Å². The fraction of sp³-hybridized carbons (Fsp3) is 0.273. The normalized spacial score (nSPS) is 10.7. The number of benzene rings is 2. The molecule has 0 atom stereocenters. The summed E-state index contributed by atoms with van der Waals surface area (Å²) in [6, 6.07) is 14.4. The van der Waals surface area contributed by atoms with Crippen LogP contribution in [-0.2, 0) is 16.1 Å². The molecule has 0 fully saturated rings. The van der Waals surface area contributed by atoms with Gasteiger partial charge in [0.1, 0.15) is 18.1 Å². The maximum Gasteiger partial charge on any atom is 0.253 e. The Labute approximate surface area is 168 Å². The first-order valence-electron chi connectivity index (χ1n) is 9.27. The summed E-state index contributed by atoms with van der Waals surface area (Å²) in [4.78, 5) is 29.7. The van der Waals surface area contributed by atoms with Gasteiger partial charge in [-0.25, -0.2) is 0 Å². The van der Waals surface area contributed by atoms with Crippen molar-refractivity contribution in [3.05, 3.63) is 64.4 Å². The minimum atomic E-state index is -0.257. The highest BCUT2D eigenvalue weighted by Crippen LogP contribution is 2.23. The number of anilines is 1. The molecule has 2 aromatic carbocycles. The number of hydrogen-bond donors (Lipinski definition) is 1. The Morgan fingerprint density at radius 2 is 1.76 bits per heavy atom. The minimum Gasteiger partial charge on any atom is -0.497 e. The molecule has 0 spiro atoms. The first kappa shape index (κ1) is 20.4. The van der Waals surface area contributed by atoms with Gasteiger partial charge in [0.05, 0.1) is 25.8 Å². The standard InChI is InChI=1S/C22H24N2O5/c1-4-29-18-9-6-17(7-10-18)24(21(25)14-27-2)13-16-11-15-5-8-19(28-3)12-20(15)23-22(16)26/h5-12H,4,13-14H2,1-3H3,(H,23,26). The zero-order valence-electron chi connectivity index (χ0n) is 16.7. The van der Waals surface area contributed by atoms with E-state index in [0.29, 0.717) is 34.9 Å². The molecular weight excluding hydrogens is 372 g/mol. The predicted octanol–water partition coefficient (Wildman–Crippen LogP) is 3.12. The van der Waals surface area contributed by atoms with Crippen LogP contribution in [0.1, 0.15) is 12.5 Å². The fourth-order valence-corrected chi connectivity index (χ4v) is 3.05. The van der Waals surface area contributed by atoms with Crippen LogP contribution in [0.2, 0.25) is 0 Å². The lowest BCUT2D eigenvalue weighted by atomic mass is 10.1. The molecule has 7 heteroatoms. The third kappa shape index (κ3) is 4.75. The second-order valence-corrected chi connectivity index (χ2v) is 6.42. The van der Waals surface area contributed by atoms with Crippen molar-refractivity contribution in [2.24, 2.45) is 0 Å². The van der Waals surface area contributed by atoms with Crippen LogP contribution in [0.15, 0.2) is 53.3 Å². The number of aromatic nitrogens is 1. The van der Waals surface area contributed by atoms with Gasteiger partial charge < -0.3 is 24.1 Å². The van der Waals surface area contributed by atoms with Crippen LogP contribution in [0.5, 0.6) is 11.5 Å². The Bertz CT molecular complexity index is 1040. The number of amides is 1. The molecule has 0 saturated heterocycles. The summed E-state index contributed by atoms with van der Waals surface area (Å²) in [7, 11) is 3.04. The molecule has 1 heterocycles. The maximum absolute atomic E-state index is 12.7. The van der Waals surface area contributed by atoms with E-state index in [-0.39, 0.29) is 24.6 Å². The quantitative estimate of drug-likeness (QED) is 0.633. The topological polar surface area (TPSA) is 80.9 Å². The van der Waals surface area contributed by atoms with Gasteiger partial charge in [0.15, 0.2) is 0 Å². The van der Waals surface area contributed by atoms with E-state index in [2.05, 4.69) is 4.98 Å². The maximum atomic E-state index is 12.7. The first-order chi connectivity index (χ1) is 14.0. The number of ether oxygens (including phenoxy) is 3. The summed E-state index contributed by atoms with van der Waals surface area (Å²) in [5, 5.41) is 0.853. The number of H-pyrrole nitrogens is 1. The van der Waals surface area contributed by atoms with Crippen LogP contribution in [0.3, 0.4) is 0 Å². The van der Waals surface area contributed by atoms with E-state index in [9.17, 15) is 9.59 Å². The molecular formula is C22H24N2O5. The Morgan fingerprint density at radius 3 is 2.41 bits per heavy atom. The Hall–Kier alpha value is -3.32. The third-order valence-corrected chi connectivity index (χ3v) is 4.49. The predicted molar refractivity (Wildman–Crippen MR) is 112 cm³/mol. The lowest BCUT2D eigenvalue weighted by molar-refractivity contribution is -0.122. The largest absolute Gasteiger partial charge is 0.497 e. The van der Waals surface area contributed by atoms with E-state index in [1.165, 1.54) is 12.0 Å². The average Bonchev–Trinajstić information content (AvgIpc) is 2.73. The fourth-order valence-electron chi connectivity index (χ4n) is 3.05. The van der Waals surface area contributed by atoms with Crippen molar-refractivity contribution in [1.82, 2.24) is 4.98 Å². The highest BCUT2D eigenvalue weighted by molar-refractivity contribution is 5.94. The Kier molecular flexibility index (Phi) is 6.51. The van der Waals surface area contributed by atoms with E-state index >= 15 is 0 Å². The number of rotatable bonds is 8. The van der Waals surface area contributed by atoms with Gasteiger partial charge in [-0.3, -0.25) is 9.59 Å². The molecule has 1 amide bonds. The second kappa shape index (κ2) is 9.25. The summed E-state index contributed by atoms with van der Waals surface area (Å²) in [6.07, 6.45) is 0. The van der Waals surface area contributed by atoms with Crippen molar-refractivity contribution in [2.75, 3.05) is 32.3 Å². The minimum absolute atomic E-state index is 0.0874. The van der Waals surface area contributed by atoms with E-state index in [0.717, 1.165) is 5.39 Å². The van der Waals surface area contributed by atoms with Crippen LogP contribution in [0.4, 0.5) is 5.69 Å². The monoisotopic (exact) mass is 396 g/mol. The van der Waals surface area contributed by atoms with Gasteiger partial charge >= 0.3 is 0 Å². The molecule has 0 aliphatic heterocycles. The molecule has 1 N–H and O–H groups in total. The summed E-state index contributed by atoms with van der Waals surface area (Å²) in [6.45, 7) is 2.50. The summed E-state index contributed by atoms with van der Waals surface area (Å²) >= 11 is 0. The zero-order chi connectivity index (χ0) is 20.8. The highest BCUT2D eigenvalue weighted by atomic mass is 16.5. The molecule has 0 saturated carbocycles. The average molecular weight is 396 g/mol. The van der Waals surface area contributed by atoms with Crippen LogP contribution >= 0.6 is 0 Å².